The molecule has 2 nitrogen and oxygen atoms in total. The molecule has 2 aromatic carbocycles. The van der Waals surface area contributed by atoms with Gasteiger partial charge in [-0.15, -0.1) is 0 Å². The van der Waals surface area contributed by atoms with Gasteiger partial charge in [0.15, 0.2) is 11.6 Å². The first-order valence-electron chi connectivity index (χ1n) is 6.39. The second kappa shape index (κ2) is 6.01. The van der Waals surface area contributed by atoms with E-state index in [1.165, 1.54) is 12.1 Å². The van der Waals surface area contributed by atoms with Crippen molar-refractivity contribution in [1.29, 1.82) is 0 Å². The van der Waals surface area contributed by atoms with E-state index in [9.17, 15) is 8.78 Å². The number of benzene rings is 2. The van der Waals surface area contributed by atoms with E-state index >= 15 is 0 Å². The van der Waals surface area contributed by atoms with E-state index in [0.29, 0.717) is 0 Å². The number of hydrogen-bond acceptors (Lipinski definition) is 2. The molecule has 1 unspecified atom stereocenters. The molecule has 0 fully saturated rings. The van der Waals surface area contributed by atoms with Crippen LogP contribution in [0.15, 0.2) is 36.4 Å². The normalized spacial score (nSPS) is 12.2. The Morgan fingerprint density at radius 1 is 1.05 bits per heavy atom. The van der Waals surface area contributed by atoms with E-state index in [1.807, 2.05) is 32.0 Å². The number of ether oxygens (including phenoxy) is 1. The smallest absolute Gasteiger partial charge is 0.163 e. The first-order chi connectivity index (χ1) is 9.50. The highest BCUT2D eigenvalue weighted by molar-refractivity contribution is 5.39. The summed E-state index contributed by atoms with van der Waals surface area (Å²) in [6.07, 6.45) is 0. The molecule has 2 rings (SSSR count). The Morgan fingerprint density at radius 2 is 1.65 bits per heavy atom. The minimum atomic E-state index is -0.912. The van der Waals surface area contributed by atoms with Gasteiger partial charge in [-0.2, -0.15) is 0 Å². The molecule has 0 saturated heterocycles. The van der Waals surface area contributed by atoms with Gasteiger partial charge in [-0.25, -0.2) is 8.78 Å². The van der Waals surface area contributed by atoms with E-state index < -0.39 is 17.7 Å². The van der Waals surface area contributed by atoms with Crippen LogP contribution in [0.2, 0.25) is 0 Å². The standard InChI is InChI=1S/C16H17F2NO/c1-10-5-3-6-11(2)16(10)20-9-14(19)12-7-4-8-13(17)15(12)18/h3-8,14H,9,19H2,1-2H3. The van der Waals surface area contributed by atoms with Gasteiger partial charge in [0, 0.05) is 5.56 Å². The number of aryl methyl sites for hydroxylation is 2. The fraction of sp³-hybridized carbons (Fsp3) is 0.250. The average molecular weight is 277 g/mol. The van der Waals surface area contributed by atoms with Crippen molar-refractivity contribution in [3.05, 3.63) is 64.7 Å². The third-order valence-corrected chi connectivity index (χ3v) is 3.20. The maximum atomic E-state index is 13.6. The van der Waals surface area contributed by atoms with Crippen LogP contribution in [0.3, 0.4) is 0 Å². The average Bonchev–Trinajstić information content (AvgIpc) is 2.41. The number of hydrogen-bond donors (Lipinski definition) is 1. The summed E-state index contributed by atoms with van der Waals surface area (Å²) < 4.78 is 32.5. The Morgan fingerprint density at radius 3 is 2.30 bits per heavy atom. The zero-order valence-electron chi connectivity index (χ0n) is 11.5. The molecule has 106 valence electrons. The molecule has 1 atom stereocenters. The van der Waals surface area contributed by atoms with Crippen LogP contribution < -0.4 is 10.5 Å². The minimum absolute atomic E-state index is 0.0894. The fourth-order valence-electron chi connectivity index (χ4n) is 2.10. The highest BCUT2D eigenvalue weighted by Crippen LogP contribution is 2.24. The summed E-state index contributed by atoms with van der Waals surface area (Å²) in [6, 6.07) is 9.04. The van der Waals surface area contributed by atoms with Crippen molar-refractivity contribution in [1.82, 2.24) is 0 Å². The molecule has 20 heavy (non-hydrogen) atoms. The van der Waals surface area contributed by atoms with Gasteiger partial charge >= 0.3 is 0 Å². The van der Waals surface area contributed by atoms with Crippen molar-refractivity contribution >= 4 is 0 Å². The number of halogens is 2. The second-order valence-corrected chi connectivity index (χ2v) is 4.78. The molecule has 0 saturated carbocycles. The highest BCUT2D eigenvalue weighted by Gasteiger charge is 2.16. The lowest BCUT2D eigenvalue weighted by Gasteiger charge is -2.17. The maximum absolute atomic E-state index is 13.6. The summed E-state index contributed by atoms with van der Waals surface area (Å²) in [7, 11) is 0. The van der Waals surface area contributed by atoms with E-state index in [0.717, 1.165) is 22.9 Å². The van der Waals surface area contributed by atoms with Gasteiger partial charge in [0.05, 0.1) is 6.04 Å². The van der Waals surface area contributed by atoms with Gasteiger partial charge in [-0.1, -0.05) is 30.3 Å². The first kappa shape index (κ1) is 14.5. The largest absolute Gasteiger partial charge is 0.491 e. The maximum Gasteiger partial charge on any atom is 0.163 e. The van der Waals surface area contributed by atoms with Crippen molar-refractivity contribution < 1.29 is 13.5 Å². The predicted molar refractivity (Wildman–Crippen MR) is 74.7 cm³/mol. The van der Waals surface area contributed by atoms with Gasteiger partial charge in [-0.3, -0.25) is 0 Å². The van der Waals surface area contributed by atoms with Crippen molar-refractivity contribution in [3.63, 3.8) is 0 Å². The van der Waals surface area contributed by atoms with Crippen molar-refractivity contribution in [2.75, 3.05) is 6.61 Å². The zero-order chi connectivity index (χ0) is 14.7. The van der Waals surface area contributed by atoms with Crippen LogP contribution in [-0.4, -0.2) is 6.61 Å². The van der Waals surface area contributed by atoms with Crippen LogP contribution in [0.5, 0.6) is 5.75 Å². The summed E-state index contributed by atoms with van der Waals surface area (Å²) in [5, 5.41) is 0. The molecule has 0 radical (unpaired) electrons. The third-order valence-electron chi connectivity index (χ3n) is 3.20. The lowest BCUT2D eigenvalue weighted by atomic mass is 10.1. The summed E-state index contributed by atoms with van der Waals surface area (Å²) in [4.78, 5) is 0. The molecule has 0 aliphatic heterocycles. The van der Waals surface area contributed by atoms with Crippen molar-refractivity contribution in [2.24, 2.45) is 5.73 Å². The molecule has 0 spiro atoms. The molecule has 0 bridgehead atoms. The topological polar surface area (TPSA) is 35.2 Å². The van der Waals surface area contributed by atoms with Crippen LogP contribution in [0.1, 0.15) is 22.7 Å². The van der Waals surface area contributed by atoms with Crippen LogP contribution >= 0.6 is 0 Å². The molecule has 0 heterocycles. The van der Waals surface area contributed by atoms with E-state index in [4.69, 9.17) is 10.5 Å². The number of para-hydroxylation sites is 1. The van der Waals surface area contributed by atoms with Gasteiger partial charge in [-0.05, 0) is 31.0 Å². The highest BCUT2D eigenvalue weighted by atomic mass is 19.2. The van der Waals surface area contributed by atoms with E-state index in [-0.39, 0.29) is 12.2 Å². The third kappa shape index (κ3) is 2.96. The van der Waals surface area contributed by atoms with Gasteiger partial charge < -0.3 is 10.5 Å². The molecule has 2 aromatic rings. The molecule has 0 aliphatic carbocycles. The second-order valence-electron chi connectivity index (χ2n) is 4.78. The van der Waals surface area contributed by atoms with Crippen LogP contribution in [-0.2, 0) is 0 Å². The Bertz CT molecular complexity index is 593. The van der Waals surface area contributed by atoms with Crippen LogP contribution in [0, 0.1) is 25.5 Å². The molecule has 4 heteroatoms. The molecular weight excluding hydrogens is 260 g/mol. The zero-order valence-corrected chi connectivity index (χ0v) is 11.5. The lowest BCUT2D eigenvalue weighted by molar-refractivity contribution is 0.283. The Kier molecular flexibility index (Phi) is 4.35. The molecule has 0 amide bonds. The van der Waals surface area contributed by atoms with Crippen molar-refractivity contribution in [2.45, 2.75) is 19.9 Å². The Balaban J connectivity index is 2.13. The van der Waals surface area contributed by atoms with Gasteiger partial charge in [0.25, 0.3) is 0 Å². The van der Waals surface area contributed by atoms with Gasteiger partial charge in [0.2, 0.25) is 0 Å². The minimum Gasteiger partial charge on any atom is -0.491 e. The predicted octanol–water partition coefficient (Wildman–Crippen LogP) is 3.66. The quantitative estimate of drug-likeness (QED) is 0.925. The lowest BCUT2D eigenvalue weighted by Crippen LogP contribution is -2.21. The van der Waals surface area contributed by atoms with Gasteiger partial charge in [0.1, 0.15) is 12.4 Å². The Labute approximate surface area is 117 Å². The Hall–Kier alpha value is -1.94. The summed E-state index contributed by atoms with van der Waals surface area (Å²) >= 11 is 0. The summed E-state index contributed by atoms with van der Waals surface area (Å²) in [5.41, 5.74) is 7.97. The molecular formula is C16H17F2NO. The first-order valence-corrected chi connectivity index (χ1v) is 6.39. The number of rotatable bonds is 4. The van der Waals surface area contributed by atoms with Crippen LogP contribution in [0.4, 0.5) is 8.78 Å². The van der Waals surface area contributed by atoms with Crippen LogP contribution in [0.25, 0.3) is 0 Å². The SMILES string of the molecule is Cc1cccc(C)c1OCC(N)c1cccc(F)c1F. The molecule has 2 N–H and O–H groups in total. The summed E-state index contributed by atoms with van der Waals surface area (Å²) in [5.74, 6) is -1.07. The fourth-order valence-corrected chi connectivity index (χ4v) is 2.10. The summed E-state index contributed by atoms with van der Waals surface area (Å²) in [6.45, 7) is 3.94. The molecule has 0 aromatic heterocycles. The number of nitrogens with two attached hydrogens (primary N) is 1. The van der Waals surface area contributed by atoms with E-state index in [1.54, 1.807) is 0 Å². The molecule has 0 aliphatic rings. The van der Waals surface area contributed by atoms with E-state index in [2.05, 4.69) is 0 Å². The monoisotopic (exact) mass is 277 g/mol. The van der Waals surface area contributed by atoms with Crippen molar-refractivity contribution in [3.8, 4) is 5.75 Å².